The lowest BCUT2D eigenvalue weighted by Crippen LogP contribution is -2.56. The van der Waals surface area contributed by atoms with Gasteiger partial charge in [-0.15, -0.1) is 0 Å². The smallest absolute Gasteiger partial charge is 0.330 e. The molecule has 0 amide bonds. The van der Waals surface area contributed by atoms with Crippen molar-refractivity contribution in [3.8, 4) is 0 Å². The second-order valence-corrected chi connectivity index (χ2v) is 12.4. The number of aliphatic carboxylic acids is 1. The Balaban J connectivity index is 0.000000138. The Morgan fingerprint density at radius 1 is 0.912 bits per heavy atom. The molecule has 0 radical (unpaired) electrons. The van der Waals surface area contributed by atoms with Crippen LogP contribution >= 0.6 is 0 Å². The first-order valence-corrected chi connectivity index (χ1v) is 13.1. The lowest BCUT2D eigenvalue weighted by atomic mass is 9.47. The molecule has 0 aromatic heterocycles. The number of aliphatic hydroxyl groups is 2. The molecule has 0 spiro atoms. The van der Waals surface area contributed by atoms with Gasteiger partial charge < -0.3 is 20.1 Å². The summed E-state index contributed by atoms with van der Waals surface area (Å²) < 4.78 is 4.14. The number of carbonyl (C=O) groups is 2. The van der Waals surface area contributed by atoms with E-state index in [-0.39, 0.29) is 22.7 Å². The zero-order valence-electron chi connectivity index (χ0n) is 20.6. The second kappa shape index (κ2) is 9.77. The highest BCUT2D eigenvalue weighted by Crippen LogP contribution is 2.62. The van der Waals surface area contributed by atoms with Gasteiger partial charge in [-0.1, -0.05) is 13.2 Å². The van der Waals surface area contributed by atoms with Gasteiger partial charge >= 0.3 is 11.9 Å². The Hall–Kier alpha value is -1.66. The van der Waals surface area contributed by atoms with Gasteiger partial charge in [0, 0.05) is 17.1 Å². The number of carbonyl (C=O) groups excluding carboxylic acids is 1. The third-order valence-electron chi connectivity index (χ3n) is 9.64. The average Bonchev–Trinajstić information content (AvgIpc) is 2.75. The number of hydrogen-bond acceptors (Lipinski definition) is 5. The summed E-state index contributed by atoms with van der Waals surface area (Å²) in [5.74, 6) is 3.24. The highest BCUT2D eigenvalue weighted by atomic mass is 16.5. The van der Waals surface area contributed by atoms with Crippen molar-refractivity contribution in [3.05, 3.63) is 24.8 Å². The Morgan fingerprint density at radius 3 is 1.68 bits per heavy atom. The molecule has 6 heteroatoms. The van der Waals surface area contributed by atoms with Crippen LogP contribution in [0.15, 0.2) is 24.8 Å². The summed E-state index contributed by atoms with van der Waals surface area (Å²) >= 11 is 0. The SMILES string of the molecule is C=C(CC12CC3CC(CC(C3)C1O)C2)C(=O)O.C=CC(=O)OC.OC12CC3CC(CC(C3)C1)C2. The molecule has 8 fully saturated rings. The molecule has 8 aliphatic carbocycles. The zero-order valence-corrected chi connectivity index (χ0v) is 20.6. The van der Waals surface area contributed by atoms with Crippen molar-refractivity contribution in [2.45, 2.75) is 88.8 Å². The number of carboxylic acids is 1. The molecule has 8 saturated carbocycles. The summed E-state index contributed by atoms with van der Waals surface area (Å²) in [6, 6.07) is 0. The predicted molar refractivity (Wildman–Crippen MR) is 129 cm³/mol. The van der Waals surface area contributed by atoms with Crippen LogP contribution in [0.2, 0.25) is 0 Å². The average molecular weight is 475 g/mol. The van der Waals surface area contributed by atoms with Crippen molar-refractivity contribution in [1.29, 1.82) is 0 Å². The van der Waals surface area contributed by atoms with Gasteiger partial charge in [-0.05, 0) is 113 Å². The van der Waals surface area contributed by atoms with E-state index in [9.17, 15) is 19.8 Å². The maximum atomic E-state index is 10.9. The normalized spacial score (nSPS) is 44.3. The van der Waals surface area contributed by atoms with Crippen molar-refractivity contribution in [1.82, 2.24) is 0 Å². The topological polar surface area (TPSA) is 104 Å². The Kier molecular flexibility index (Phi) is 7.31. The molecule has 0 aromatic rings. The summed E-state index contributed by atoms with van der Waals surface area (Å²) in [6.07, 6.45) is 14.6. The van der Waals surface area contributed by atoms with Crippen LogP contribution in [0.5, 0.6) is 0 Å². The standard InChI is InChI=1S/C14H20O3.C10H16O.C4H6O2/c1-8(13(16)17)5-14-6-9-2-10(7-14)4-11(3-9)12(14)15;11-10-4-7-1-8(5-10)3-9(2-7)6-10;1-3-4(5)6-2/h9-12,15H,1-7H2,(H,16,17);7-9,11H,1-6H2;3H,1H2,2H3. The number of rotatable bonds is 4. The third kappa shape index (κ3) is 5.28. The van der Waals surface area contributed by atoms with Gasteiger partial charge in [0.15, 0.2) is 0 Å². The fraction of sp³-hybridized carbons (Fsp3) is 0.786. The minimum atomic E-state index is -0.909. The molecule has 0 saturated heterocycles. The molecule has 8 rings (SSSR count). The summed E-state index contributed by atoms with van der Waals surface area (Å²) in [6.45, 7) is 6.81. The molecule has 3 unspecified atom stereocenters. The quantitative estimate of drug-likeness (QED) is 0.409. The fourth-order valence-corrected chi connectivity index (χ4v) is 9.08. The number of carboxylic acid groups (broad SMARTS) is 1. The highest BCUT2D eigenvalue weighted by Gasteiger charge is 2.56. The van der Waals surface area contributed by atoms with Gasteiger partial charge in [0.1, 0.15) is 0 Å². The summed E-state index contributed by atoms with van der Waals surface area (Å²) in [4.78, 5) is 20.8. The van der Waals surface area contributed by atoms with E-state index in [1.807, 2.05) is 0 Å². The molecular weight excluding hydrogens is 432 g/mol. The number of hydrogen-bond donors (Lipinski definition) is 3. The predicted octanol–water partition coefficient (Wildman–Crippen LogP) is 4.50. The Bertz CT molecular complexity index is 766. The summed E-state index contributed by atoms with van der Waals surface area (Å²) in [7, 11) is 1.31. The largest absolute Gasteiger partial charge is 0.478 e. The van der Waals surface area contributed by atoms with Crippen LogP contribution in [0, 0.1) is 40.9 Å². The van der Waals surface area contributed by atoms with Crippen LogP contribution in [0.25, 0.3) is 0 Å². The van der Waals surface area contributed by atoms with Crippen molar-refractivity contribution in [3.63, 3.8) is 0 Å². The van der Waals surface area contributed by atoms with Crippen LogP contribution in [-0.2, 0) is 14.3 Å². The van der Waals surface area contributed by atoms with Gasteiger partial charge in [0.05, 0.1) is 18.8 Å². The van der Waals surface area contributed by atoms with Crippen molar-refractivity contribution in [2.75, 3.05) is 7.11 Å². The zero-order chi connectivity index (χ0) is 24.7. The monoisotopic (exact) mass is 474 g/mol. The molecule has 3 N–H and O–H groups in total. The number of ether oxygens (including phenoxy) is 1. The van der Waals surface area contributed by atoms with Crippen LogP contribution in [0.1, 0.15) is 77.0 Å². The minimum absolute atomic E-state index is 0.162. The lowest BCUT2D eigenvalue weighted by Gasteiger charge is -2.59. The Labute approximate surface area is 203 Å². The molecule has 6 nitrogen and oxygen atoms in total. The van der Waals surface area contributed by atoms with Crippen LogP contribution in [0.3, 0.4) is 0 Å². The molecular formula is C28H42O6. The van der Waals surface area contributed by atoms with E-state index in [1.54, 1.807) is 0 Å². The van der Waals surface area contributed by atoms with E-state index < -0.39 is 11.9 Å². The Morgan fingerprint density at radius 2 is 1.35 bits per heavy atom. The maximum Gasteiger partial charge on any atom is 0.330 e. The molecule has 8 aliphatic rings. The van der Waals surface area contributed by atoms with Gasteiger partial charge in [0.2, 0.25) is 0 Å². The number of methoxy groups -OCH3 is 1. The first kappa shape index (κ1) is 25.4. The van der Waals surface area contributed by atoms with E-state index in [2.05, 4.69) is 17.9 Å². The van der Waals surface area contributed by atoms with Crippen LogP contribution in [-0.4, -0.2) is 46.1 Å². The fourth-order valence-electron chi connectivity index (χ4n) is 9.08. The van der Waals surface area contributed by atoms with Gasteiger partial charge in [-0.25, -0.2) is 9.59 Å². The van der Waals surface area contributed by atoms with E-state index in [4.69, 9.17) is 5.11 Å². The molecule has 3 atom stereocenters. The third-order valence-corrected chi connectivity index (χ3v) is 9.64. The van der Waals surface area contributed by atoms with Crippen LogP contribution in [0.4, 0.5) is 0 Å². The molecule has 34 heavy (non-hydrogen) atoms. The lowest BCUT2D eigenvalue weighted by molar-refractivity contribution is -0.157. The van der Waals surface area contributed by atoms with Gasteiger partial charge in [-0.2, -0.15) is 0 Å². The van der Waals surface area contributed by atoms with E-state index >= 15 is 0 Å². The molecule has 0 aliphatic heterocycles. The maximum absolute atomic E-state index is 10.9. The summed E-state index contributed by atoms with van der Waals surface area (Å²) in [5, 5.41) is 29.6. The van der Waals surface area contributed by atoms with E-state index in [0.717, 1.165) is 80.6 Å². The van der Waals surface area contributed by atoms with Crippen molar-refractivity contribution >= 4 is 11.9 Å². The first-order chi connectivity index (χ1) is 16.0. The first-order valence-electron chi connectivity index (χ1n) is 13.1. The van der Waals surface area contributed by atoms with Gasteiger partial charge in [0.25, 0.3) is 0 Å². The second-order valence-electron chi connectivity index (χ2n) is 12.4. The van der Waals surface area contributed by atoms with Crippen molar-refractivity contribution < 1.29 is 29.6 Å². The minimum Gasteiger partial charge on any atom is -0.478 e. The summed E-state index contributed by atoms with van der Waals surface area (Å²) in [5.41, 5.74) is -0.0927. The highest BCUT2D eigenvalue weighted by molar-refractivity contribution is 5.85. The van der Waals surface area contributed by atoms with Crippen LogP contribution < -0.4 is 0 Å². The van der Waals surface area contributed by atoms with E-state index in [1.165, 1.54) is 32.8 Å². The molecule has 0 aromatic carbocycles. The molecule has 190 valence electrons. The molecule has 0 heterocycles. The van der Waals surface area contributed by atoms with Gasteiger partial charge in [-0.3, -0.25) is 0 Å². The number of aliphatic hydroxyl groups excluding tert-OH is 1. The van der Waals surface area contributed by atoms with Crippen molar-refractivity contribution in [2.24, 2.45) is 40.9 Å². The number of esters is 1. The van der Waals surface area contributed by atoms with E-state index in [0.29, 0.717) is 12.3 Å². The molecule has 8 bridgehead atoms.